The molecule has 1 saturated carbocycles. The van der Waals surface area contributed by atoms with Gasteiger partial charge in [-0.1, -0.05) is 19.3 Å². The summed E-state index contributed by atoms with van der Waals surface area (Å²) in [5, 5.41) is 0. The Morgan fingerprint density at radius 3 is 2.72 bits per heavy atom. The number of anilines is 1. The van der Waals surface area contributed by atoms with Gasteiger partial charge in [0.15, 0.2) is 0 Å². The molecule has 1 fully saturated rings. The van der Waals surface area contributed by atoms with E-state index in [4.69, 9.17) is 11.6 Å². The van der Waals surface area contributed by atoms with E-state index in [0.29, 0.717) is 11.9 Å². The summed E-state index contributed by atoms with van der Waals surface area (Å²) < 4.78 is 1.00. The van der Waals surface area contributed by atoms with E-state index < -0.39 is 0 Å². The Balaban J connectivity index is 2.25. The number of alkyl halides is 1. The molecule has 0 spiro atoms. The molecule has 100 valence electrons. The Labute approximate surface area is 123 Å². The molecule has 4 heteroatoms. The van der Waals surface area contributed by atoms with E-state index >= 15 is 0 Å². The fraction of sp³-hybridized carbons (Fsp3) is 0.643. The Bertz CT molecular complexity index is 391. The maximum Gasteiger partial charge on any atom is 0.133 e. The van der Waals surface area contributed by atoms with Crippen LogP contribution in [0.15, 0.2) is 16.7 Å². The molecule has 2 rings (SSSR count). The predicted octanol–water partition coefficient (Wildman–Crippen LogP) is 4.74. The summed E-state index contributed by atoms with van der Waals surface area (Å²) in [4.78, 5) is 7.02. The molecule has 0 aliphatic heterocycles. The lowest BCUT2D eigenvalue weighted by Crippen LogP contribution is -2.37. The molecule has 18 heavy (non-hydrogen) atoms. The summed E-state index contributed by atoms with van der Waals surface area (Å²) >= 11 is 9.52. The average molecular weight is 332 g/mol. The molecule has 2 nitrogen and oxygen atoms in total. The third-order valence-corrected chi connectivity index (χ3v) is 4.40. The van der Waals surface area contributed by atoms with Gasteiger partial charge in [-0.05, 0) is 41.8 Å². The van der Waals surface area contributed by atoms with Crippen LogP contribution in [0.3, 0.4) is 0 Å². The second-order valence-electron chi connectivity index (χ2n) is 4.85. The number of rotatable bonds is 4. The molecule has 0 atom stereocenters. The van der Waals surface area contributed by atoms with E-state index in [0.717, 1.165) is 22.4 Å². The summed E-state index contributed by atoms with van der Waals surface area (Å²) in [5.74, 6) is 1.59. The van der Waals surface area contributed by atoms with Crippen molar-refractivity contribution < 1.29 is 0 Å². The molecule has 0 radical (unpaired) electrons. The van der Waals surface area contributed by atoms with Crippen molar-refractivity contribution in [1.82, 2.24) is 4.98 Å². The SMILES string of the molecule is CCN(c1ncc(Br)cc1CCl)C1CCCCC1. The molecular formula is C14H20BrClN2. The van der Waals surface area contributed by atoms with Gasteiger partial charge >= 0.3 is 0 Å². The van der Waals surface area contributed by atoms with Crippen molar-refractivity contribution in [2.24, 2.45) is 0 Å². The highest BCUT2D eigenvalue weighted by Crippen LogP contribution is 2.30. The van der Waals surface area contributed by atoms with Crippen molar-refractivity contribution in [3.8, 4) is 0 Å². The molecule has 0 aromatic carbocycles. The van der Waals surface area contributed by atoms with Crippen molar-refractivity contribution in [3.05, 3.63) is 22.3 Å². The van der Waals surface area contributed by atoms with Crippen LogP contribution >= 0.6 is 27.5 Å². The van der Waals surface area contributed by atoms with E-state index in [1.165, 1.54) is 32.1 Å². The normalized spacial score (nSPS) is 16.8. The summed E-state index contributed by atoms with van der Waals surface area (Å²) in [5.41, 5.74) is 1.12. The molecule has 1 aromatic rings. The first kappa shape index (κ1) is 14.1. The quantitative estimate of drug-likeness (QED) is 0.741. The van der Waals surface area contributed by atoms with Gasteiger partial charge in [0, 0.05) is 28.8 Å². The lowest BCUT2D eigenvalue weighted by molar-refractivity contribution is 0.416. The summed E-state index contributed by atoms with van der Waals surface area (Å²) in [6.07, 6.45) is 8.50. The highest BCUT2D eigenvalue weighted by Gasteiger charge is 2.22. The van der Waals surface area contributed by atoms with E-state index in [1.54, 1.807) is 0 Å². The first-order chi connectivity index (χ1) is 8.76. The van der Waals surface area contributed by atoms with Crippen LogP contribution in [0.2, 0.25) is 0 Å². The van der Waals surface area contributed by atoms with Gasteiger partial charge in [0.2, 0.25) is 0 Å². The van der Waals surface area contributed by atoms with Crippen molar-refractivity contribution in [2.45, 2.75) is 50.9 Å². The number of aromatic nitrogens is 1. The van der Waals surface area contributed by atoms with Crippen LogP contribution in [0.5, 0.6) is 0 Å². The van der Waals surface area contributed by atoms with Gasteiger partial charge in [0.25, 0.3) is 0 Å². The van der Waals surface area contributed by atoms with Crippen LogP contribution in [0, 0.1) is 0 Å². The first-order valence-corrected chi connectivity index (χ1v) is 8.06. The Morgan fingerprint density at radius 2 is 2.11 bits per heavy atom. The highest BCUT2D eigenvalue weighted by molar-refractivity contribution is 9.10. The predicted molar refractivity (Wildman–Crippen MR) is 81.4 cm³/mol. The van der Waals surface area contributed by atoms with Gasteiger partial charge in [-0.25, -0.2) is 4.98 Å². The van der Waals surface area contributed by atoms with Crippen LogP contribution in [0.25, 0.3) is 0 Å². The molecule has 1 aromatic heterocycles. The Kier molecular flexibility index (Phi) is 5.31. The average Bonchev–Trinajstić information content (AvgIpc) is 2.42. The van der Waals surface area contributed by atoms with Crippen LogP contribution in [-0.2, 0) is 5.88 Å². The number of hydrogen-bond acceptors (Lipinski definition) is 2. The fourth-order valence-corrected chi connectivity index (χ4v) is 3.38. The first-order valence-electron chi connectivity index (χ1n) is 6.73. The molecule has 0 amide bonds. The largest absolute Gasteiger partial charge is 0.354 e. The minimum atomic E-state index is 0.519. The number of pyridine rings is 1. The summed E-state index contributed by atoms with van der Waals surface area (Å²) in [6.45, 7) is 3.21. The molecular weight excluding hydrogens is 312 g/mol. The van der Waals surface area contributed by atoms with Crippen LogP contribution in [0.1, 0.15) is 44.6 Å². The molecule has 1 aliphatic carbocycles. The summed E-state index contributed by atoms with van der Waals surface area (Å²) in [7, 11) is 0. The van der Waals surface area contributed by atoms with Gasteiger partial charge in [-0.2, -0.15) is 0 Å². The molecule has 0 saturated heterocycles. The second kappa shape index (κ2) is 6.76. The monoisotopic (exact) mass is 330 g/mol. The maximum atomic E-state index is 6.06. The Hall–Kier alpha value is -0.280. The molecule has 0 N–H and O–H groups in total. The van der Waals surface area contributed by atoms with Gasteiger partial charge in [-0.15, -0.1) is 11.6 Å². The zero-order chi connectivity index (χ0) is 13.0. The minimum absolute atomic E-state index is 0.519. The van der Waals surface area contributed by atoms with Crippen molar-refractivity contribution in [1.29, 1.82) is 0 Å². The Morgan fingerprint density at radius 1 is 1.39 bits per heavy atom. The number of hydrogen-bond donors (Lipinski definition) is 0. The molecule has 1 heterocycles. The van der Waals surface area contributed by atoms with Gasteiger partial charge < -0.3 is 4.90 Å². The number of halogens is 2. The highest BCUT2D eigenvalue weighted by atomic mass is 79.9. The van der Waals surface area contributed by atoms with Crippen LogP contribution < -0.4 is 4.90 Å². The van der Waals surface area contributed by atoms with Crippen LogP contribution in [-0.4, -0.2) is 17.6 Å². The topological polar surface area (TPSA) is 16.1 Å². The third-order valence-electron chi connectivity index (χ3n) is 3.68. The third kappa shape index (κ3) is 3.18. The fourth-order valence-electron chi connectivity index (χ4n) is 2.80. The second-order valence-corrected chi connectivity index (χ2v) is 6.03. The van der Waals surface area contributed by atoms with E-state index in [1.807, 2.05) is 6.20 Å². The lowest BCUT2D eigenvalue weighted by atomic mass is 9.94. The molecule has 0 bridgehead atoms. The van der Waals surface area contributed by atoms with E-state index in [2.05, 4.69) is 38.8 Å². The lowest BCUT2D eigenvalue weighted by Gasteiger charge is -2.35. The van der Waals surface area contributed by atoms with Crippen molar-refractivity contribution in [3.63, 3.8) is 0 Å². The molecule has 0 unspecified atom stereocenters. The minimum Gasteiger partial charge on any atom is -0.354 e. The number of nitrogens with zero attached hydrogens (tertiary/aromatic N) is 2. The van der Waals surface area contributed by atoms with E-state index in [-0.39, 0.29) is 0 Å². The van der Waals surface area contributed by atoms with Crippen molar-refractivity contribution >= 4 is 33.3 Å². The van der Waals surface area contributed by atoms with Crippen molar-refractivity contribution in [2.75, 3.05) is 11.4 Å². The summed E-state index contributed by atoms with van der Waals surface area (Å²) in [6, 6.07) is 2.72. The smallest absolute Gasteiger partial charge is 0.133 e. The molecule has 1 aliphatic rings. The van der Waals surface area contributed by atoms with Gasteiger partial charge in [0.05, 0.1) is 5.88 Å². The van der Waals surface area contributed by atoms with Crippen LogP contribution in [0.4, 0.5) is 5.82 Å². The van der Waals surface area contributed by atoms with E-state index in [9.17, 15) is 0 Å². The maximum absolute atomic E-state index is 6.06. The zero-order valence-corrected chi connectivity index (χ0v) is 13.2. The van der Waals surface area contributed by atoms with Gasteiger partial charge in [-0.3, -0.25) is 0 Å². The van der Waals surface area contributed by atoms with Gasteiger partial charge in [0.1, 0.15) is 5.82 Å². The zero-order valence-electron chi connectivity index (χ0n) is 10.8. The standard InChI is InChI=1S/C14H20BrClN2/c1-2-18(13-6-4-3-5-7-13)14-11(9-16)8-12(15)10-17-14/h8,10,13H,2-7,9H2,1H3.